The number of rotatable bonds is 6. The van der Waals surface area contributed by atoms with Gasteiger partial charge in [-0.3, -0.25) is 0 Å². The Morgan fingerprint density at radius 1 is 1.05 bits per heavy atom. The van der Waals surface area contributed by atoms with E-state index in [9.17, 15) is 0 Å². The molecular weight excluding hydrogens is 321 g/mol. The van der Waals surface area contributed by atoms with Crippen LogP contribution < -0.4 is 5.73 Å². The van der Waals surface area contributed by atoms with Crippen molar-refractivity contribution in [3.8, 4) is 0 Å². The van der Waals surface area contributed by atoms with Crippen LogP contribution in [0.25, 0.3) is 0 Å². The summed E-state index contributed by atoms with van der Waals surface area (Å²) >= 11 is 14.3. The molecule has 0 aliphatic heterocycles. The molecule has 4 heteroatoms. The lowest BCUT2D eigenvalue weighted by Crippen LogP contribution is -2.21. The van der Waals surface area contributed by atoms with E-state index in [1.807, 2.05) is 30.3 Å². The average molecular weight is 340 g/mol. The first kappa shape index (κ1) is 16.7. The normalized spacial score (nSPS) is 12.4. The van der Waals surface area contributed by atoms with Gasteiger partial charge in [-0.05, 0) is 42.2 Å². The minimum absolute atomic E-state index is 0.170. The van der Waals surface area contributed by atoms with Gasteiger partial charge in [0.2, 0.25) is 0 Å². The molecule has 0 saturated heterocycles. The number of benzene rings is 2. The average Bonchev–Trinajstić information content (AvgIpc) is 2.48. The lowest BCUT2D eigenvalue weighted by atomic mass is 10.1. The minimum atomic E-state index is 0.170. The fraction of sp³-hybridized carbons (Fsp3) is 0.294. The van der Waals surface area contributed by atoms with Crippen LogP contribution in [0.3, 0.4) is 0 Å². The van der Waals surface area contributed by atoms with Crippen LogP contribution in [0.15, 0.2) is 47.4 Å². The van der Waals surface area contributed by atoms with Gasteiger partial charge in [0.25, 0.3) is 0 Å². The van der Waals surface area contributed by atoms with Gasteiger partial charge >= 0.3 is 0 Å². The second-order valence-electron chi connectivity index (χ2n) is 5.01. The molecule has 0 bridgehead atoms. The Bertz CT molecular complexity index is 601. The summed E-state index contributed by atoms with van der Waals surface area (Å²) in [5, 5.41) is 1.60. The van der Waals surface area contributed by atoms with Crippen LogP contribution in [-0.2, 0) is 12.2 Å². The van der Waals surface area contributed by atoms with E-state index in [1.165, 1.54) is 0 Å². The molecule has 0 aliphatic carbocycles. The zero-order valence-corrected chi connectivity index (χ0v) is 14.3. The topological polar surface area (TPSA) is 26.0 Å². The highest BCUT2D eigenvalue weighted by Gasteiger charge is 2.07. The van der Waals surface area contributed by atoms with Gasteiger partial charge in [0.1, 0.15) is 0 Å². The smallest absolute Gasteiger partial charge is 0.0449 e. The highest BCUT2D eigenvalue weighted by molar-refractivity contribution is 7.98. The van der Waals surface area contributed by atoms with Gasteiger partial charge in [-0.25, -0.2) is 0 Å². The van der Waals surface area contributed by atoms with Gasteiger partial charge in [0, 0.05) is 26.7 Å². The zero-order valence-electron chi connectivity index (χ0n) is 12.0. The Balaban J connectivity index is 2.02. The summed E-state index contributed by atoms with van der Waals surface area (Å²) in [6, 6.07) is 14.3. The Kier molecular flexibility index (Phi) is 6.43. The molecule has 2 rings (SSSR count). The van der Waals surface area contributed by atoms with Crippen molar-refractivity contribution in [2.75, 3.05) is 0 Å². The summed E-state index contributed by atoms with van der Waals surface area (Å²) in [4.78, 5) is 1.15. The summed E-state index contributed by atoms with van der Waals surface area (Å²) in [7, 11) is 0. The van der Waals surface area contributed by atoms with Crippen LogP contribution in [0.5, 0.6) is 0 Å². The van der Waals surface area contributed by atoms with E-state index in [0.29, 0.717) is 0 Å². The van der Waals surface area contributed by atoms with Gasteiger partial charge in [-0.1, -0.05) is 54.4 Å². The Hall–Kier alpha value is -0.670. The molecule has 2 aromatic rings. The molecule has 0 radical (unpaired) electrons. The number of thioether (sulfide) groups is 1. The van der Waals surface area contributed by atoms with Crippen molar-refractivity contribution >= 4 is 35.0 Å². The minimum Gasteiger partial charge on any atom is -0.327 e. The number of halogens is 2. The molecule has 1 unspecified atom stereocenters. The number of hydrogen-bond donors (Lipinski definition) is 1. The molecule has 1 nitrogen and oxygen atoms in total. The van der Waals surface area contributed by atoms with Crippen LogP contribution >= 0.6 is 35.0 Å². The third-order valence-corrected chi connectivity index (χ3v) is 5.15. The Labute approximate surface area is 140 Å². The van der Waals surface area contributed by atoms with Crippen LogP contribution in [0.4, 0.5) is 0 Å². The van der Waals surface area contributed by atoms with Crippen LogP contribution in [-0.4, -0.2) is 6.04 Å². The van der Waals surface area contributed by atoms with Gasteiger partial charge in [0.15, 0.2) is 0 Å². The first-order valence-electron chi connectivity index (χ1n) is 7.00. The second-order valence-corrected chi connectivity index (χ2v) is 6.87. The van der Waals surface area contributed by atoms with Crippen molar-refractivity contribution in [1.29, 1.82) is 0 Å². The van der Waals surface area contributed by atoms with Crippen LogP contribution in [0.2, 0.25) is 10.0 Å². The highest BCUT2D eigenvalue weighted by atomic mass is 35.5. The summed E-state index contributed by atoms with van der Waals surface area (Å²) < 4.78 is 0. The van der Waals surface area contributed by atoms with Crippen LogP contribution in [0, 0.1) is 0 Å². The Morgan fingerprint density at radius 2 is 1.81 bits per heavy atom. The van der Waals surface area contributed by atoms with E-state index in [-0.39, 0.29) is 6.04 Å². The third kappa shape index (κ3) is 4.93. The fourth-order valence-electron chi connectivity index (χ4n) is 1.99. The van der Waals surface area contributed by atoms with Gasteiger partial charge < -0.3 is 5.73 Å². The molecule has 0 fully saturated rings. The molecular formula is C17H19Cl2NS. The van der Waals surface area contributed by atoms with E-state index in [2.05, 4.69) is 19.1 Å². The quantitative estimate of drug-likeness (QED) is 0.696. The Morgan fingerprint density at radius 3 is 2.48 bits per heavy atom. The standard InChI is InChI=1S/C17H19Cl2NS/c1-2-14(20)9-12-7-8-15(10-17(12)19)21-11-13-5-3-4-6-16(13)18/h3-8,10,14H,2,9,11,20H2,1H3. The molecule has 0 aromatic heterocycles. The first-order chi connectivity index (χ1) is 10.1. The zero-order chi connectivity index (χ0) is 15.2. The summed E-state index contributed by atoms with van der Waals surface area (Å²) in [5.41, 5.74) is 8.24. The molecule has 0 saturated carbocycles. The van der Waals surface area contributed by atoms with Crippen molar-refractivity contribution in [3.05, 3.63) is 63.6 Å². The molecule has 1 atom stereocenters. The van der Waals surface area contributed by atoms with Crippen molar-refractivity contribution in [2.24, 2.45) is 5.73 Å². The van der Waals surface area contributed by atoms with E-state index < -0.39 is 0 Å². The largest absolute Gasteiger partial charge is 0.327 e. The number of hydrogen-bond acceptors (Lipinski definition) is 2. The molecule has 2 aromatic carbocycles. The van der Waals surface area contributed by atoms with Crippen molar-refractivity contribution in [2.45, 2.75) is 36.5 Å². The maximum absolute atomic E-state index is 6.35. The lowest BCUT2D eigenvalue weighted by Gasteiger charge is -2.11. The highest BCUT2D eigenvalue weighted by Crippen LogP contribution is 2.30. The molecule has 0 amide bonds. The summed E-state index contributed by atoms with van der Waals surface area (Å²) in [6.45, 7) is 2.09. The summed E-state index contributed by atoms with van der Waals surface area (Å²) in [5.74, 6) is 0.837. The SMILES string of the molecule is CCC(N)Cc1ccc(SCc2ccccc2Cl)cc1Cl. The van der Waals surface area contributed by atoms with Crippen LogP contribution in [0.1, 0.15) is 24.5 Å². The second kappa shape index (κ2) is 8.09. The summed E-state index contributed by atoms with van der Waals surface area (Å²) in [6.07, 6.45) is 1.78. The van der Waals surface area contributed by atoms with Gasteiger partial charge in [-0.2, -0.15) is 0 Å². The van der Waals surface area contributed by atoms with Crippen molar-refractivity contribution in [1.82, 2.24) is 0 Å². The lowest BCUT2D eigenvalue weighted by molar-refractivity contribution is 0.646. The van der Waals surface area contributed by atoms with Gasteiger partial charge in [-0.15, -0.1) is 11.8 Å². The third-order valence-electron chi connectivity index (χ3n) is 3.38. The van der Waals surface area contributed by atoms with E-state index in [1.54, 1.807) is 11.8 Å². The van der Waals surface area contributed by atoms with Crippen molar-refractivity contribution in [3.63, 3.8) is 0 Å². The molecule has 2 N–H and O–H groups in total. The first-order valence-corrected chi connectivity index (χ1v) is 8.74. The van der Waals surface area contributed by atoms with E-state index in [4.69, 9.17) is 28.9 Å². The maximum atomic E-state index is 6.35. The monoisotopic (exact) mass is 339 g/mol. The molecule has 112 valence electrons. The maximum Gasteiger partial charge on any atom is 0.0449 e. The van der Waals surface area contributed by atoms with Gasteiger partial charge in [0.05, 0.1) is 0 Å². The predicted octanol–water partition coefficient (Wildman–Crippen LogP) is 5.57. The molecule has 21 heavy (non-hydrogen) atoms. The van der Waals surface area contributed by atoms with E-state index in [0.717, 1.165) is 44.7 Å². The fourth-order valence-corrected chi connectivity index (χ4v) is 3.53. The van der Waals surface area contributed by atoms with Crippen molar-refractivity contribution < 1.29 is 0 Å². The predicted molar refractivity (Wildman–Crippen MR) is 94.4 cm³/mol. The molecule has 0 spiro atoms. The molecule has 0 heterocycles. The van der Waals surface area contributed by atoms with E-state index >= 15 is 0 Å². The molecule has 0 aliphatic rings. The number of nitrogens with two attached hydrogens (primary N) is 1.